The van der Waals surface area contributed by atoms with Crippen molar-refractivity contribution in [3.05, 3.63) is 0 Å². The summed E-state index contributed by atoms with van der Waals surface area (Å²) in [7, 11) is -3.24. The van der Waals surface area contributed by atoms with Crippen LogP contribution in [0.15, 0.2) is 0 Å². The topological polar surface area (TPSA) is 66.6 Å². The van der Waals surface area contributed by atoms with Crippen molar-refractivity contribution in [2.75, 3.05) is 26.2 Å². The number of piperidine rings is 2. The van der Waals surface area contributed by atoms with Gasteiger partial charge in [-0.1, -0.05) is 6.92 Å². The third-order valence-electron chi connectivity index (χ3n) is 4.51. The van der Waals surface area contributed by atoms with Crippen molar-refractivity contribution < 1.29 is 8.42 Å². The zero-order valence-electron chi connectivity index (χ0n) is 12.5. The number of hydrogen-bond donors (Lipinski definition) is 1. The minimum Gasteiger partial charge on any atom is -0.328 e. The molecule has 2 unspecified atom stereocenters. The highest BCUT2D eigenvalue weighted by Crippen LogP contribution is 2.25. The molecule has 2 rings (SSSR count). The summed E-state index contributed by atoms with van der Waals surface area (Å²) in [6.07, 6.45) is 3.90. The molecular formula is C13H28ClN3O2S. The van der Waals surface area contributed by atoms with E-state index < -0.39 is 10.2 Å². The third-order valence-corrected chi connectivity index (χ3v) is 6.52. The predicted octanol–water partition coefficient (Wildman–Crippen LogP) is 1.44. The van der Waals surface area contributed by atoms with Crippen LogP contribution < -0.4 is 5.73 Å². The maximum absolute atomic E-state index is 12.6. The fraction of sp³-hybridized carbons (Fsp3) is 1.00. The monoisotopic (exact) mass is 325 g/mol. The highest BCUT2D eigenvalue weighted by atomic mass is 35.5. The van der Waals surface area contributed by atoms with Crippen LogP contribution in [0.25, 0.3) is 0 Å². The second kappa shape index (κ2) is 7.40. The molecular weight excluding hydrogens is 298 g/mol. The Morgan fingerprint density at radius 3 is 2.20 bits per heavy atom. The number of nitrogens with two attached hydrogens (primary N) is 1. The van der Waals surface area contributed by atoms with Crippen LogP contribution in [-0.2, 0) is 10.2 Å². The Kier molecular flexibility index (Phi) is 6.73. The highest BCUT2D eigenvalue weighted by molar-refractivity contribution is 7.86. The summed E-state index contributed by atoms with van der Waals surface area (Å²) in [6.45, 7) is 6.75. The van der Waals surface area contributed by atoms with Crippen molar-refractivity contribution in [2.45, 2.75) is 45.6 Å². The van der Waals surface area contributed by atoms with E-state index >= 15 is 0 Å². The van der Waals surface area contributed by atoms with Gasteiger partial charge in [-0.05, 0) is 44.4 Å². The first-order chi connectivity index (χ1) is 8.91. The van der Waals surface area contributed by atoms with Crippen molar-refractivity contribution in [3.8, 4) is 0 Å². The molecule has 0 amide bonds. The lowest BCUT2D eigenvalue weighted by Gasteiger charge is -2.38. The summed E-state index contributed by atoms with van der Waals surface area (Å²) in [5.74, 6) is 0.942. The molecule has 2 atom stereocenters. The van der Waals surface area contributed by atoms with Gasteiger partial charge in [-0.3, -0.25) is 0 Å². The van der Waals surface area contributed by atoms with Gasteiger partial charge in [0.2, 0.25) is 0 Å². The van der Waals surface area contributed by atoms with Crippen molar-refractivity contribution in [2.24, 2.45) is 17.6 Å². The summed E-state index contributed by atoms with van der Waals surface area (Å²) in [4.78, 5) is 0. The Morgan fingerprint density at radius 2 is 1.70 bits per heavy atom. The molecule has 2 fully saturated rings. The average molecular weight is 326 g/mol. The Morgan fingerprint density at radius 1 is 1.10 bits per heavy atom. The summed E-state index contributed by atoms with van der Waals surface area (Å²) in [5.41, 5.74) is 5.90. The summed E-state index contributed by atoms with van der Waals surface area (Å²) in [6, 6.07) is 0.167. The van der Waals surface area contributed by atoms with Gasteiger partial charge in [0.1, 0.15) is 0 Å². The normalized spacial score (nSPS) is 28.9. The van der Waals surface area contributed by atoms with Crippen LogP contribution in [0, 0.1) is 11.8 Å². The average Bonchev–Trinajstić information content (AvgIpc) is 2.39. The zero-order chi connectivity index (χ0) is 14.0. The molecule has 5 nitrogen and oxygen atoms in total. The van der Waals surface area contributed by atoms with Crippen LogP contribution in [0.5, 0.6) is 0 Å². The second-order valence-electron chi connectivity index (χ2n) is 6.21. The third kappa shape index (κ3) is 4.07. The van der Waals surface area contributed by atoms with Crippen LogP contribution in [0.4, 0.5) is 0 Å². The molecule has 2 N–H and O–H groups in total. The van der Waals surface area contributed by atoms with E-state index in [9.17, 15) is 8.42 Å². The molecule has 20 heavy (non-hydrogen) atoms. The van der Waals surface area contributed by atoms with Gasteiger partial charge in [0, 0.05) is 32.2 Å². The van der Waals surface area contributed by atoms with E-state index in [1.165, 1.54) is 0 Å². The largest absolute Gasteiger partial charge is 0.328 e. The smallest absolute Gasteiger partial charge is 0.281 e. The molecule has 120 valence electrons. The molecule has 0 saturated carbocycles. The minimum atomic E-state index is -3.24. The van der Waals surface area contributed by atoms with Gasteiger partial charge in [0.25, 0.3) is 10.2 Å². The van der Waals surface area contributed by atoms with Gasteiger partial charge in [-0.15, -0.1) is 12.4 Å². The standard InChI is InChI=1S/C13H27N3O2S.ClH/c1-11-4-3-7-16(10-11)19(17,18)15-8-5-13(6-9-15)12(2)14;/h11-13H,3-10,14H2,1-2H3;1H. The second-order valence-corrected chi connectivity index (χ2v) is 8.14. The van der Waals surface area contributed by atoms with Crippen LogP contribution in [0.3, 0.4) is 0 Å². The maximum Gasteiger partial charge on any atom is 0.281 e. The summed E-state index contributed by atoms with van der Waals surface area (Å²) >= 11 is 0. The van der Waals surface area contributed by atoms with Crippen LogP contribution >= 0.6 is 12.4 Å². The molecule has 0 aromatic carbocycles. The Hall–Kier alpha value is 0.120. The van der Waals surface area contributed by atoms with E-state index in [1.807, 2.05) is 6.92 Å². The summed E-state index contributed by atoms with van der Waals surface area (Å²) < 4.78 is 28.5. The first-order valence-corrected chi connectivity index (χ1v) is 8.81. The molecule has 2 heterocycles. The fourth-order valence-corrected chi connectivity index (χ4v) is 4.95. The molecule has 2 aliphatic heterocycles. The first kappa shape index (κ1) is 18.2. The van der Waals surface area contributed by atoms with Crippen molar-refractivity contribution in [3.63, 3.8) is 0 Å². The van der Waals surface area contributed by atoms with E-state index in [-0.39, 0.29) is 18.4 Å². The summed E-state index contributed by atoms with van der Waals surface area (Å²) in [5, 5.41) is 0. The van der Waals surface area contributed by atoms with E-state index in [1.54, 1.807) is 8.61 Å². The van der Waals surface area contributed by atoms with Crippen molar-refractivity contribution >= 4 is 22.6 Å². The van der Waals surface area contributed by atoms with Crippen LogP contribution in [-0.4, -0.2) is 49.2 Å². The van der Waals surface area contributed by atoms with Gasteiger partial charge >= 0.3 is 0 Å². The quantitative estimate of drug-likeness (QED) is 0.854. The minimum absolute atomic E-state index is 0. The number of nitrogens with zero attached hydrogens (tertiary/aromatic N) is 2. The van der Waals surface area contributed by atoms with Gasteiger partial charge in [-0.2, -0.15) is 17.0 Å². The SMILES string of the molecule is CC1CCCN(S(=O)(=O)N2CCC(C(C)N)CC2)C1.Cl. The molecule has 0 aromatic heterocycles. The molecule has 0 radical (unpaired) electrons. The van der Waals surface area contributed by atoms with Gasteiger partial charge in [0.05, 0.1) is 0 Å². The number of halogens is 1. The fourth-order valence-electron chi connectivity index (χ4n) is 3.15. The molecule has 0 aliphatic carbocycles. The molecule has 0 spiro atoms. The zero-order valence-corrected chi connectivity index (χ0v) is 14.1. The van der Waals surface area contributed by atoms with Crippen LogP contribution in [0.1, 0.15) is 39.5 Å². The Labute approximate surface area is 129 Å². The molecule has 0 aromatic rings. The molecule has 7 heteroatoms. The Bertz CT molecular complexity index is 394. The van der Waals surface area contributed by atoms with Gasteiger partial charge < -0.3 is 5.73 Å². The lowest BCUT2D eigenvalue weighted by Crippen LogP contribution is -2.51. The van der Waals surface area contributed by atoms with E-state index in [0.717, 1.165) is 25.7 Å². The van der Waals surface area contributed by atoms with Crippen molar-refractivity contribution in [1.82, 2.24) is 8.61 Å². The van der Waals surface area contributed by atoms with Gasteiger partial charge in [0.15, 0.2) is 0 Å². The van der Waals surface area contributed by atoms with Crippen molar-refractivity contribution in [1.29, 1.82) is 0 Å². The lowest BCUT2D eigenvalue weighted by atomic mass is 9.92. The highest BCUT2D eigenvalue weighted by Gasteiger charge is 2.35. The van der Waals surface area contributed by atoms with Crippen LogP contribution in [0.2, 0.25) is 0 Å². The van der Waals surface area contributed by atoms with E-state index in [0.29, 0.717) is 38.0 Å². The van der Waals surface area contributed by atoms with E-state index in [4.69, 9.17) is 5.73 Å². The predicted molar refractivity (Wildman–Crippen MR) is 84.1 cm³/mol. The molecule has 0 bridgehead atoms. The Balaban J connectivity index is 0.00000200. The maximum atomic E-state index is 12.6. The molecule has 2 saturated heterocycles. The van der Waals surface area contributed by atoms with E-state index in [2.05, 4.69) is 6.92 Å². The number of rotatable bonds is 3. The number of hydrogen-bond acceptors (Lipinski definition) is 3. The first-order valence-electron chi connectivity index (χ1n) is 7.42. The molecule has 2 aliphatic rings. The van der Waals surface area contributed by atoms with Gasteiger partial charge in [-0.25, -0.2) is 0 Å². The lowest BCUT2D eigenvalue weighted by molar-refractivity contribution is 0.217.